The first-order valence-electron chi connectivity index (χ1n) is 5.84. The molecule has 19 heavy (non-hydrogen) atoms. The van der Waals surface area contributed by atoms with Crippen LogP contribution in [0.3, 0.4) is 0 Å². The molecule has 0 saturated heterocycles. The molecule has 2 rings (SSSR count). The number of hydrogen-bond donors (Lipinski definition) is 0. The van der Waals surface area contributed by atoms with Gasteiger partial charge in [0.15, 0.2) is 0 Å². The minimum atomic E-state index is -0.856. The number of halogens is 2. The van der Waals surface area contributed by atoms with Crippen LogP contribution in [-0.2, 0) is 10.3 Å². The number of nitrogens with zero attached hydrogens (tertiary/aromatic N) is 2. The van der Waals surface area contributed by atoms with E-state index in [1.165, 1.54) is 22.9 Å². The third kappa shape index (κ3) is 2.28. The molecule has 0 spiro atoms. The molecule has 0 fully saturated rings. The summed E-state index contributed by atoms with van der Waals surface area (Å²) in [6.45, 7) is 5.05. The second-order valence-electron chi connectivity index (χ2n) is 4.97. The van der Waals surface area contributed by atoms with E-state index in [1.54, 1.807) is 27.0 Å². The number of aromatic nitrogens is 2. The number of hydrogen-bond acceptors (Lipinski definition) is 2. The van der Waals surface area contributed by atoms with E-state index in [1.807, 2.05) is 0 Å². The maximum absolute atomic E-state index is 13.7. The van der Waals surface area contributed by atoms with Crippen molar-refractivity contribution in [3.05, 3.63) is 41.6 Å². The minimum Gasteiger partial charge on any atom is -0.301 e. The SMILES string of the molecule is Cc1cn(C(C)(C)C=O)nc1-c1c(F)cccc1F. The first-order valence-corrected chi connectivity index (χ1v) is 5.84. The highest BCUT2D eigenvalue weighted by Crippen LogP contribution is 2.28. The molecule has 0 amide bonds. The van der Waals surface area contributed by atoms with Crippen molar-refractivity contribution in [1.82, 2.24) is 9.78 Å². The van der Waals surface area contributed by atoms with Crippen LogP contribution in [0.1, 0.15) is 19.4 Å². The summed E-state index contributed by atoms with van der Waals surface area (Å²) in [5.41, 5.74) is -0.199. The number of benzene rings is 1. The summed E-state index contributed by atoms with van der Waals surface area (Å²) < 4.78 is 28.9. The van der Waals surface area contributed by atoms with Gasteiger partial charge in [-0.25, -0.2) is 8.78 Å². The van der Waals surface area contributed by atoms with Crippen molar-refractivity contribution in [1.29, 1.82) is 0 Å². The molecule has 0 unspecified atom stereocenters. The highest BCUT2D eigenvalue weighted by atomic mass is 19.1. The fourth-order valence-electron chi connectivity index (χ4n) is 1.78. The molecule has 2 aromatic rings. The molecule has 0 aliphatic rings. The van der Waals surface area contributed by atoms with Gasteiger partial charge in [-0.2, -0.15) is 5.10 Å². The molecule has 0 bridgehead atoms. The molecule has 1 aromatic carbocycles. The van der Waals surface area contributed by atoms with E-state index in [0.717, 1.165) is 6.29 Å². The second kappa shape index (κ2) is 4.57. The molecule has 1 heterocycles. The molecule has 0 saturated carbocycles. The van der Waals surface area contributed by atoms with Crippen molar-refractivity contribution in [2.75, 3.05) is 0 Å². The van der Waals surface area contributed by atoms with Crippen molar-refractivity contribution >= 4 is 6.29 Å². The Morgan fingerprint density at radius 1 is 1.26 bits per heavy atom. The third-order valence-electron chi connectivity index (χ3n) is 2.98. The maximum atomic E-state index is 13.7. The summed E-state index contributed by atoms with van der Waals surface area (Å²) in [5.74, 6) is -1.34. The summed E-state index contributed by atoms with van der Waals surface area (Å²) in [5, 5.41) is 4.15. The standard InChI is InChI=1S/C14H14F2N2O/c1-9-7-18(14(2,3)8-19)17-13(9)12-10(15)5-4-6-11(12)16/h4-8H,1-3H3. The number of carbonyl (C=O) groups is 1. The first-order chi connectivity index (χ1) is 8.86. The van der Waals surface area contributed by atoms with E-state index in [9.17, 15) is 13.6 Å². The molecule has 3 nitrogen and oxygen atoms in total. The van der Waals surface area contributed by atoms with Gasteiger partial charge >= 0.3 is 0 Å². The summed E-state index contributed by atoms with van der Waals surface area (Å²) in [6, 6.07) is 3.67. The third-order valence-corrected chi connectivity index (χ3v) is 2.98. The molecule has 0 atom stereocenters. The zero-order valence-electron chi connectivity index (χ0n) is 10.9. The van der Waals surface area contributed by atoms with Crippen molar-refractivity contribution in [3.63, 3.8) is 0 Å². The number of aryl methyl sites for hydroxylation is 1. The van der Waals surface area contributed by atoms with Crippen LogP contribution in [0.25, 0.3) is 11.3 Å². The van der Waals surface area contributed by atoms with Crippen molar-refractivity contribution in [2.24, 2.45) is 0 Å². The van der Waals surface area contributed by atoms with Crippen LogP contribution in [0.2, 0.25) is 0 Å². The highest BCUT2D eigenvalue weighted by molar-refractivity contribution is 5.65. The minimum absolute atomic E-state index is 0.166. The molecule has 0 N–H and O–H groups in total. The van der Waals surface area contributed by atoms with Gasteiger partial charge in [-0.1, -0.05) is 6.07 Å². The van der Waals surface area contributed by atoms with Gasteiger partial charge < -0.3 is 4.79 Å². The van der Waals surface area contributed by atoms with Crippen molar-refractivity contribution < 1.29 is 13.6 Å². The van der Waals surface area contributed by atoms with Gasteiger partial charge in [-0.3, -0.25) is 4.68 Å². The Bertz CT molecular complexity index is 612. The molecular formula is C14H14F2N2O. The smallest absolute Gasteiger partial charge is 0.147 e. The molecule has 1 aromatic heterocycles. The normalized spacial score (nSPS) is 11.6. The van der Waals surface area contributed by atoms with Crippen LogP contribution in [0.5, 0.6) is 0 Å². The monoisotopic (exact) mass is 264 g/mol. The molecule has 0 radical (unpaired) electrons. The fourth-order valence-corrected chi connectivity index (χ4v) is 1.78. The van der Waals surface area contributed by atoms with Gasteiger partial charge in [-0.15, -0.1) is 0 Å². The molecule has 5 heteroatoms. The van der Waals surface area contributed by atoms with E-state index in [2.05, 4.69) is 5.10 Å². The zero-order chi connectivity index (χ0) is 14.2. The van der Waals surface area contributed by atoms with Gasteiger partial charge in [0.25, 0.3) is 0 Å². The average molecular weight is 264 g/mol. The van der Waals surface area contributed by atoms with Gasteiger partial charge in [-0.05, 0) is 38.5 Å². The van der Waals surface area contributed by atoms with E-state index < -0.39 is 17.2 Å². The quantitative estimate of drug-likeness (QED) is 0.798. The first kappa shape index (κ1) is 13.4. The van der Waals surface area contributed by atoms with Crippen molar-refractivity contribution in [3.8, 4) is 11.3 Å². The lowest BCUT2D eigenvalue weighted by atomic mass is 10.1. The van der Waals surface area contributed by atoms with E-state index >= 15 is 0 Å². The highest BCUT2D eigenvalue weighted by Gasteiger charge is 2.24. The van der Waals surface area contributed by atoms with Gasteiger partial charge in [0.05, 0.1) is 5.56 Å². The number of rotatable bonds is 3. The molecular weight excluding hydrogens is 250 g/mol. The van der Waals surface area contributed by atoms with Crippen LogP contribution in [0, 0.1) is 18.6 Å². The second-order valence-corrected chi connectivity index (χ2v) is 4.97. The van der Waals surface area contributed by atoms with Crippen LogP contribution in [0.15, 0.2) is 24.4 Å². The van der Waals surface area contributed by atoms with Crippen LogP contribution in [0.4, 0.5) is 8.78 Å². The Labute approximate surface area is 109 Å². The predicted octanol–water partition coefficient (Wildman–Crippen LogP) is 3.07. The van der Waals surface area contributed by atoms with Gasteiger partial charge in [0.2, 0.25) is 0 Å². The Balaban J connectivity index is 2.62. The maximum Gasteiger partial charge on any atom is 0.147 e. The Morgan fingerprint density at radius 2 is 1.84 bits per heavy atom. The lowest BCUT2D eigenvalue weighted by Gasteiger charge is -2.17. The van der Waals surface area contributed by atoms with E-state index in [4.69, 9.17) is 0 Å². The lowest BCUT2D eigenvalue weighted by Crippen LogP contribution is -2.28. The Hall–Kier alpha value is -2.04. The largest absolute Gasteiger partial charge is 0.301 e. The summed E-state index contributed by atoms with van der Waals surface area (Å²) in [7, 11) is 0. The summed E-state index contributed by atoms with van der Waals surface area (Å²) in [6.07, 6.45) is 2.34. The molecule has 100 valence electrons. The van der Waals surface area contributed by atoms with Crippen LogP contribution >= 0.6 is 0 Å². The molecule has 0 aliphatic heterocycles. The Morgan fingerprint density at radius 3 is 2.37 bits per heavy atom. The van der Waals surface area contributed by atoms with E-state index in [-0.39, 0.29) is 11.3 Å². The fraction of sp³-hybridized carbons (Fsp3) is 0.286. The zero-order valence-corrected chi connectivity index (χ0v) is 10.9. The predicted molar refractivity (Wildman–Crippen MR) is 67.7 cm³/mol. The van der Waals surface area contributed by atoms with E-state index in [0.29, 0.717) is 5.56 Å². The van der Waals surface area contributed by atoms with Gasteiger partial charge in [0.1, 0.15) is 29.2 Å². The van der Waals surface area contributed by atoms with Crippen LogP contribution in [-0.4, -0.2) is 16.1 Å². The molecule has 0 aliphatic carbocycles. The Kier molecular flexibility index (Phi) is 3.22. The average Bonchev–Trinajstić information content (AvgIpc) is 2.72. The topological polar surface area (TPSA) is 34.9 Å². The van der Waals surface area contributed by atoms with Gasteiger partial charge in [0, 0.05) is 6.20 Å². The summed E-state index contributed by atoms with van der Waals surface area (Å²) >= 11 is 0. The lowest BCUT2D eigenvalue weighted by molar-refractivity contribution is -0.114. The van der Waals surface area contributed by atoms with Crippen LogP contribution < -0.4 is 0 Å². The summed E-state index contributed by atoms with van der Waals surface area (Å²) in [4.78, 5) is 11.0. The number of aldehydes is 1. The van der Waals surface area contributed by atoms with Crippen molar-refractivity contribution in [2.45, 2.75) is 26.3 Å². The number of carbonyl (C=O) groups excluding carboxylic acids is 1.